The average molecular weight is 512 g/mol. The Morgan fingerprint density at radius 3 is 2.03 bits per heavy atom. The Balaban J connectivity index is 1.22. The predicted octanol–water partition coefficient (Wildman–Crippen LogP) is 5.80. The van der Waals surface area contributed by atoms with E-state index in [1.807, 2.05) is 24.3 Å². The molecule has 37 heavy (non-hydrogen) atoms. The van der Waals surface area contributed by atoms with Crippen LogP contribution in [0, 0.1) is 0 Å². The first-order valence-electron chi connectivity index (χ1n) is 13.5. The van der Waals surface area contributed by atoms with Crippen LogP contribution in [-0.2, 0) is 23.7 Å². The highest BCUT2D eigenvalue weighted by Crippen LogP contribution is 2.44. The molecule has 0 fully saturated rings. The van der Waals surface area contributed by atoms with E-state index in [9.17, 15) is 9.59 Å². The highest BCUT2D eigenvalue weighted by atomic mass is 16.6. The van der Waals surface area contributed by atoms with E-state index in [4.69, 9.17) is 18.9 Å². The Hall–Kier alpha value is -2.90. The largest absolute Gasteiger partial charge is 0.463 e. The minimum absolute atomic E-state index is 0.0446. The van der Waals surface area contributed by atoms with Crippen LogP contribution in [-0.4, -0.2) is 70.2 Å². The van der Waals surface area contributed by atoms with Gasteiger partial charge in [-0.15, -0.1) is 0 Å². The van der Waals surface area contributed by atoms with E-state index in [-0.39, 0.29) is 24.6 Å². The van der Waals surface area contributed by atoms with Crippen molar-refractivity contribution in [1.82, 2.24) is 4.90 Å². The van der Waals surface area contributed by atoms with Gasteiger partial charge < -0.3 is 23.8 Å². The molecule has 0 saturated carbocycles. The van der Waals surface area contributed by atoms with E-state index in [0.29, 0.717) is 46.0 Å². The molecule has 7 heteroatoms. The van der Waals surface area contributed by atoms with Gasteiger partial charge in [-0.2, -0.15) is 0 Å². The van der Waals surface area contributed by atoms with Gasteiger partial charge in [0, 0.05) is 25.9 Å². The van der Waals surface area contributed by atoms with Crippen LogP contribution in [0.1, 0.15) is 62.5 Å². The first-order valence-corrected chi connectivity index (χ1v) is 13.5. The van der Waals surface area contributed by atoms with Gasteiger partial charge >= 0.3 is 12.1 Å². The third-order valence-corrected chi connectivity index (χ3v) is 6.57. The van der Waals surface area contributed by atoms with Gasteiger partial charge in [0.05, 0.1) is 26.4 Å². The third kappa shape index (κ3) is 9.17. The molecule has 202 valence electrons. The normalized spacial score (nSPS) is 12.2. The molecule has 1 amide bonds. The van der Waals surface area contributed by atoms with Gasteiger partial charge in [0.15, 0.2) is 0 Å². The first kappa shape index (κ1) is 28.7. The van der Waals surface area contributed by atoms with E-state index >= 15 is 0 Å². The fourth-order valence-electron chi connectivity index (χ4n) is 4.48. The van der Waals surface area contributed by atoms with Crippen LogP contribution in [0.5, 0.6) is 0 Å². The number of amides is 1. The Kier molecular flexibility index (Phi) is 12.4. The second-order valence-electron chi connectivity index (χ2n) is 9.33. The molecule has 7 nitrogen and oxygen atoms in total. The van der Waals surface area contributed by atoms with Crippen LogP contribution in [0.2, 0.25) is 0 Å². The maximum absolute atomic E-state index is 12.5. The maximum Gasteiger partial charge on any atom is 0.409 e. The zero-order valence-electron chi connectivity index (χ0n) is 22.3. The minimum Gasteiger partial charge on any atom is -0.463 e. The molecule has 0 aliphatic heterocycles. The number of ether oxygens (including phenoxy) is 4. The Bertz CT molecular complexity index is 933. The summed E-state index contributed by atoms with van der Waals surface area (Å²) in [6.45, 7) is 4.71. The van der Waals surface area contributed by atoms with Gasteiger partial charge in [0.1, 0.15) is 13.2 Å². The molecule has 1 aliphatic rings. The zero-order valence-corrected chi connectivity index (χ0v) is 22.3. The molecule has 0 atom stereocenters. The summed E-state index contributed by atoms with van der Waals surface area (Å²) in [5.41, 5.74) is 4.80. The van der Waals surface area contributed by atoms with Crippen LogP contribution < -0.4 is 0 Å². The van der Waals surface area contributed by atoms with Gasteiger partial charge in [-0.25, -0.2) is 4.79 Å². The zero-order chi connectivity index (χ0) is 26.3. The smallest absolute Gasteiger partial charge is 0.409 e. The van der Waals surface area contributed by atoms with E-state index < -0.39 is 0 Å². The molecule has 0 saturated heterocycles. The summed E-state index contributed by atoms with van der Waals surface area (Å²) >= 11 is 0. The molecule has 0 bridgehead atoms. The van der Waals surface area contributed by atoms with Crippen LogP contribution in [0.3, 0.4) is 0 Å². The molecule has 0 N–H and O–H groups in total. The van der Waals surface area contributed by atoms with Gasteiger partial charge in [-0.1, -0.05) is 81.1 Å². The van der Waals surface area contributed by atoms with E-state index in [1.54, 1.807) is 7.05 Å². The number of hydrogen-bond donors (Lipinski definition) is 0. The number of benzene rings is 2. The molecule has 2 aromatic carbocycles. The molecule has 2 aromatic rings. The number of esters is 1. The van der Waals surface area contributed by atoms with Gasteiger partial charge in [-0.05, 0) is 28.7 Å². The fraction of sp³-hybridized carbons (Fsp3) is 0.533. The number of rotatable bonds is 17. The highest BCUT2D eigenvalue weighted by Gasteiger charge is 2.29. The van der Waals surface area contributed by atoms with Crippen LogP contribution in [0.4, 0.5) is 4.79 Å². The lowest BCUT2D eigenvalue weighted by Crippen LogP contribution is -2.32. The Morgan fingerprint density at radius 1 is 0.757 bits per heavy atom. The lowest BCUT2D eigenvalue weighted by atomic mass is 9.98. The van der Waals surface area contributed by atoms with E-state index in [1.165, 1.54) is 46.4 Å². The van der Waals surface area contributed by atoms with Crippen LogP contribution >= 0.6 is 0 Å². The average Bonchev–Trinajstić information content (AvgIpc) is 3.24. The van der Waals surface area contributed by atoms with Crippen molar-refractivity contribution in [2.24, 2.45) is 0 Å². The quantitative estimate of drug-likeness (QED) is 0.197. The van der Waals surface area contributed by atoms with Gasteiger partial charge in [0.2, 0.25) is 0 Å². The predicted molar refractivity (Wildman–Crippen MR) is 144 cm³/mol. The number of carbonyl (C=O) groups excluding carboxylic acids is 2. The lowest BCUT2D eigenvalue weighted by Gasteiger charge is -2.19. The number of likely N-dealkylation sites (N-methyl/N-ethyl adjacent to an activating group) is 1. The molecule has 3 rings (SSSR count). The monoisotopic (exact) mass is 511 g/mol. The van der Waals surface area contributed by atoms with E-state index in [2.05, 4.69) is 31.2 Å². The summed E-state index contributed by atoms with van der Waals surface area (Å²) in [5, 5.41) is 0. The second-order valence-corrected chi connectivity index (χ2v) is 9.33. The molecule has 0 radical (unpaired) electrons. The van der Waals surface area contributed by atoms with Crippen molar-refractivity contribution < 1.29 is 28.5 Å². The maximum atomic E-state index is 12.5. The lowest BCUT2D eigenvalue weighted by molar-refractivity contribution is -0.145. The second kappa shape index (κ2) is 16.0. The summed E-state index contributed by atoms with van der Waals surface area (Å²) in [4.78, 5) is 25.7. The van der Waals surface area contributed by atoms with Crippen molar-refractivity contribution in [3.05, 3.63) is 59.7 Å². The summed E-state index contributed by atoms with van der Waals surface area (Å²) < 4.78 is 21.8. The summed E-state index contributed by atoms with van der Waals surface area (Å²) in [6.07, 6.45) is 5.66. The van der Waals surface area contributed by atoms with Crippen molar-refractivity contribution in [1.29, 1.82) is 0 Å². The van der Waals surface area contributed by atoms with Crippen LogP contribution in [0.25, 0.3) is 11.1 Å². The fourth-order valence-corrected chi connectivity index (χ4v) is 4.48. The van der Waals surface area contributed by atoms with Crippen LogP contribution in [0.15, 0.2) is 48.5 Å². The Morgan fingerprint density at radius 2 is 1.35 bits per heavy atom. The topological polar surface area (TPSA) is 74.3 Å². The van der Waals surface area contributed by atoms with Gasteiger partial charge in [-0.3, -0.25) is 4.79 Å². The molecule has 0 unspecified atom stereocenters. The Labute approximate surface area is 221 Å². The van der Waals surface area contributed by atoms with Crippen molar-refractivity contribution in [3.63, 3.8) is 0 Å². The third-order valence-electron chi connectivity index (χ3n) is 6.57. The minimum atomic E-state index is -0.367. The number of nitrogens with zero attached hydrogens (tertiary/aromatic N) is 1. The highest BCUT2D eigenvalue weighted by molar-refractivity contribution is 5.79. The molecular weight excluding hydrogens is 470 g/mol. The molecule has 0 aromatic heterocycles. The number of fused-ring (bicyclic) bond motifs is 3. The number of hydrogen-bond acceptors (Lipinski definition) is 6. The number of unbranched alkanes of at least 4 members (excludes halogenated alkanes) is 4. The summed E-state index contributed by atoms with van der Waals surface area (Å²) in [5.74, 6) is -0.115. The van der Waals surface area contributed by atoms with E-state index in [0.717, 1.165) is 12.8 Å². The summed E-state index contributed by atoms with van der Waals surface area (Å²) in [6, 6.07) is 16.6. The SMILES string of the molecule is CCCCCCCC(=O)OCCOCCOCCN(C)C(=O)OCC1c2ccccc2-c2ccccc21. The van der Waals surface area contributed by atoms with Crippen molar-refractivity contribution in [2.75, 3.05) is 53.2 Å². The standard InChI is InChI=1S/C30H41NO6/c1-3-4-5-6-7-16-29(32)36-22-21-35-20-19-34-18-17-31(2)30(33)37-23-28-26-14-10-8-12-24(26)25-13-9-11-15-27(25)28/h8-15,28H,3-7,16-23H2,1-2H3. The molecular formula is C30H41NO6. The molecule has 1 aliphatic carbocycles. The van der Waals surface area contributed by atoms with Crippen molar-refractivity contribution in [3.8, 4) is 11.1 Å². The van der Waals surface area contributed by atoms with Gasteiger partial charge in [0.25, 0.3) is 0 Å². The van der Waals surface area contributed by atoms with Crippen molar-refractivity contribution >= 4 is 12.1 Å². The molecule has 0 spiro atoms. The van der Waals surface area contributed by atoms with Crippen molar-refractivity contribution in [2.45, 2.75) is 51.4 Å². The molecule has 0 heterocycles. The first-order chi connectivity index (χ1) is 18.1. The summed E-state index contributed by atoms with van der Waals surface area (Å²) in [7, 11) is 1.71. The number of carbonyl (C=O) groups is 2.